The van der Waals surface area contributed by atoms with E-state index in [0.29, 0.717) is 16.5 Å². The van der Waals surface area contributed by atoms with Crippen molar-refractivity contribution in [3.63, 3.8) is 0 Å². The molecule has 114 valence electrons. The number of halogens is 1. The van der Waals surface area contributed by atoms with E-state index >= 15 is 0 Å². The van der Waals surface area contributed by atoms with Crippen molar-refractivity contribution in [2.45, 2.75) is 43.6 Å². The summed E-state index contributed by atoms with van der Waals surface area (Å²) in [5.41, 5.74) is 0. The van der Waals surface area contributed by atoms with Gasteiger partial charge in [-0.25, -0.2) is 0 Å². The highest BCUT2D eigenvalue weighted by molar-refractivity contribution is 8.01. The zero-order valence-electron chi connectivity index (χ0n) is 11.9. The smallest absolute Gasteiger partial charge is 0.244 e. The molecule has 7 heteroatoms. The minimum Gasteiger partial charge on any atom is -0.347 e. The molecule has 1 N–H and O–H groups in total. The normalized spacial score (nSPS) is 29.6. The Morgan fingerprint density at radius 3 is 3.00 bits per heavy atom. The van der Waals surface area contributed by atoms with Crippen molar-refractivity contribution in [2.75, 3.05) is 5.75 Å². The molecular weight excluding hydrogens is 328 g/mol. The summed E-state index contributed by atoms with van der Waals surface area (Å²) < 4.78 is 0.713. The number of carbonyl (C=O) groups is 2. The van der Waals surface area contributed by atoms with Crippen LogP contribution in [0.1, 0.15) is 37.6 Å². The highest BCUT2D eigenvalue weighted by Gasteiger charge is 2.52. The van der Waals surface area contributed by atoms with E-state index in [1.807, 2.05) is 19.1 Å². The van der Waals surface area contributed by atoms with Gasteiger partial charge in [0.1, 0.15) is 6.04 Å². The number of hydrogen-bond acceptors (Lipinski definition) is 4. The Balaban J connectivity index is 1.70. The van der Waals surface area contributed by atoms with Crippen LogP contribution in [0.4, 0.5) is 0 Å². The number of hydrogen-bond donors (Lipinski definition) is 1. The predicted molar refractivity (Wildman–Crippen MR) is 86.6 cm³/mol. The molecule has 0 aromatic carbocycles. The van der Waals surface area contributed by atoms with E-state index in [4.69, 9.17) is 11.6 Å². The third-order valence-electron chi connectivity index (χ3n) is 4.13. The average molecular weight is 345 g/mol. The van der Waals surface area contributed by atoms with Crippen molar-refractivity contribution in [3.05, 3.63) is 21.3 Å². The van der Waals surface area contributed by atoms with Crippen LogP contribution in [0.5, 0.6) is 0 Å². The molecule has 0 bridgehead atoms. The third-order valence-corrected chi connectivity index (χ3v) is 7.05. The van der Waals surface area contributed by atoms with Gasteiger partial charge in [0.25, 0.3) is 0 Å². The Hall–Kier alpha value is -0.720. The molecule has 21 heavy (non-hydrogen) atoms. The summed E-state index contributed by atoms with van der Waals surface area (Å²) >= 11 is 9.10. The van der Waals surface area contributed by atoms with Crippen LogP contribution in [0.15, 0.2) is 12.1 Å². The van der Waals surface area contributed by atoms with E-state index in [-0.39, 0.29) is 28.8 Å². The second-order valence-corrected chi connectivity index (χ2v) is 8.89. The number of carbonyl (C=O) groups excluding carboxylic acids is 2. The number of thiophene rings is 1. The zero-order chi connectivity index (χ0) is 15.2. The summed E-state index contributed by atoms with van der Waals surface area (Å²) in [5, 5.41) is 3.01. The lowest BCUT2D eigenvalue weighted by molar-refractivity contribution is -0.138. The van der Waals surface area contributed by atoms with Crippen LogP contribution in [0, 0.1) is 0 Å². The minimum absolute atomic E-state index is 0.0708. The van der Waals surface area contributed by atoms with Crippen LogP contribution in [-0.4, -0.2) is 33.4 Å². The van der Waals surface area contributed by atoms with Crippen LogP contribution in [0.3, 0.4) is 0 Å². The van der Waals surface area contributed by atoms with Gasteiger partial charge in [-0.3, -0.25) is 9.59 Å². The standard InChI is InChI=1S/C14H17ClN2O2S2/c1-8(10-3-4-11(15)21-10)16-13(19)9-7-20-14(2)6-5-12(18)17(9)14/h3-4,8-9H,5-7H2,1-2H3,(H,16,19)/t8-,9-,14-/m0/s1. The van der Waals surface area contributed by atoms with Gasteiger partial charge in [0.15, 0.2) is 0 Å². The number of amides is 2. The van der Waals surface area contributed by atoms with Crippen molar-refractivity contribution >= 4 is 46.5 Å². The van der Waals surface area contributed by atoms with Crippen molar-refractivity contribution in [1.29, 1.82) is 0 Å². The third kappa shape index (κ3) is 2.69. The van der Waals surface area contributed by atoms with Crippen molar-refractivity contribution in [2.24, 2.45) is 0 Å². The van der Waals surface area contributed by atoms with Gasteiger partial charge in [0.2, 0.25) is 11.8 Å². The summed E-state index contributed by atoms with van der Waals surface area (Å²) in [6.07, 6.45) is 1.37. The number of nitrogens with zero attached hydrogens (tertiary/aromatic N) is 1. The zero-order valence-corrected chi connectivity index (χ0v) is 14.3. The lowest BCUT2D eigenvalue weighted by Gasteiger charge is -2.30. The van der Waals surface area contributed by atoms with Crippen LogP contribution < -0.4 is 5.32 Å². The van der Waals surface area contributed by atoms with E-state index < -0.39 is 0 Å². The number of thioether (sulfide) groups is 1. The molecule has 3 rings (SSSR count). The van der Waals surface area contributed by atoms with E-state index in [1.165, 1.54) is 11.3 Å². The van der Waals surface area contributed by atoms with E-state index in [0.717, 1.165) is 11.3 Å². The maximum Gasteiger partial charge on any atom is 0.244 e. The van der Waals surface area contributed by atoms with Crippen molar-refractivity contribution < 1.29 is 9.59 Å². The molecule has 3 atom stereocenters. The molecule has 1 aromatic heterocycles. The molecule has 0 spiro atoms. The van der Waals surface area contributed by atoms with Gasteiger partial charge in [-0.1, -0.05) is 11.6 Å². The number of fused-ring (bicyclic) bond motifs is 1. The summed E-state index contributed by atoms with van der Waals surface area (Å²) in [4.78, 5) is 27.2. The first-order valence-corrected chi connectivity index (χ1v) is 9.10. The first-order valence-electron chi connectivity index (χ1n) is 6.92. The Kier molecular flexibility index (Phi) is 3.96. The molecule has 2 fully saturated rings. The maximum atomic E-state index is 12.5. The second-order valence-electron chi connectivity index (χ2n) is 5.64. The molecular formula is C14H17ClN2O2S2. The fourth-order valence-electron chi connectivity index (χ4n) is 2.96. The maximum absolute atomic E-state index is 12.5. The van der Waals surface area contributed by atoms with E-state index in [9.17, 15) is 9.59 Å². The van der Waals surface area contributed by atoms with Gasteiger partial charge in [0, 0.05) is 17.1 Å². The number of nitrogens with one attached hydrogen (secondary N) is 1. The van der Waals surface area contributed by atoms with Gasteiger partial charge in [-0.15, -0.1) is 23.1 Å². The monoisotopic (exact) mass is 344 g/mol. The Morgan fingerprint density at radius 2 is 2.33 bits per heavy atom. The molecule has 0 aliphatic carbocycles. The largest absolute Gasteiger partial charge is 0.347 e. The minimum atomic E-state index is -0.354. The van der Waals surface area contributed by atoms with Crippen LogP contribution >= 0.6 is 34.7 Å². The highest BCUT2D eigenvalue weighted by Crippen LogP contribution is 2.47. The molecule has 0 saturated carbocycles. The number of rotatable bonds is 3. The Bertz CT molecular complexity index is 591. The fourth-order valence-corrected chi connectivity index (χ4v) is 5.45. The predicted octanol–water partition coefficient (Wildman–Crippen LogP) is 3.03. The Morgan fingerprint density at radius 1 is 1.57 bits per heavy atom. The van der Waals surface area contributed by atoms with E-state index in [1.54, 1.807) is 16.7 Å². The van der Waals surface area contributed by atoms with Crippen LogP contribution in [0.2, 0.25) is 4.34 Å². The van der Waals surface area contributed by atoms with Gasteiger partial charge < -0.3 is 10.2 Å². The highest BCUT2D eigenvalue weighted by atomic mass is 35.5. The summed E-state index contributed by atoms with van der Waals surface area (Å²) in [6, 6.07) is 3.31. The molecule has 1 aromatic rings. The fraction of sp³-hybridized carbons (Fsp3) is 0.571. The van der Waals surface area contributed by atoms with Gasteiger partial charge in [-0.05, 0) is 32.4 Å². The quantitative estimate of drug-likeness (QED) is 0.916. The van der Waals surface area contributed by atoms with Gasteiger partial charge in [-0.2, -0.15) is 0 Å². The molecule has 2 aliphatic rings. The van der Waals surface area contributed by atoms with Crippen LogP contribution in [-0.2, 0) is 9.59 Å². The first-order chi connectivity index (χ1) is 9.90. The second kappa shape index (κ2) is 5.48. The Labute approximate surface area is 137 Å². The van der Waals surface area contributed by atoms with Crippen LogP contribution in [0.25, 0.3) is 0 Å². The SMILES string of the molecule is C[C@H](NC(=O)[C@@H]1CS[C@@]2(C)CCC(=O)N12)c1ccc(Cl)s1. The summed E-state index contributed by atoms with van der Waals surface area (Å²) in [5.74, 6) is 0.694. The van der Waals surface area contributed by atoms with Gasteiger partial charge in [0.05, 0.1) is 15.2 Å². The average Bonchev–Trinajstić information content (AvgIpc) is 3.07. The van der Waals surface area contributed by atoms with Crippen molar-refractivity contribution in [3.8, 4) is 0 Å². The lowest BCUT2D eigenvalue weighted by atomic mass is 10.2. The van der Waals surface area contributed by atoms with Crippen molar-refractivity contribution in [1.82, 2.24) is 10.2 Å². The van der Waals surface area contributed by atoms with Gasteiger partial charge >= 0.3 is 0 Å². The summed E-state index contributed by atoms with van der Waals surface area (Å²) in [7, 11) is 0. The summed E-state index contributed by atoms with van der Waals surface area (Å²) in [6.45, 7) is 3.99. The molecule has 4 nitrogen and oxygen atoms in total. The molecule has 0 radical (unpaired) electrons. The molecule has 2 saturated heterocycles. The molecule has 2 amide bonds. The molecule has 2 aliphatic heterocycles. The first kappa shape index (κ1) is 15.2. The molecule has 0 unspecified atom stereocenters. The van der Waals surface area contributed by atoms with E-state index in [2.05, 4.69) is 12.2 Å². The topological polar surface area (TPSA) is 49.4 Å². The molecule has 3 heterocycles. The lowest BCUT2D eigenvalue weighted by Crippen LogP contribution is -2.50.